The Morgan fingerprint density at radius 1 is 1.24 bits per heavy atom. The number of pyridine rings is 1. The van der Waals surface area contributed by atoms with Crippen LogP contribution >= 0.6 is 0 Å². The minimum atomic E-state index is -0.0745. The maximum absolute atomic E-state index is 12.4. The van der Waals surface area contributed by atoms with Crippen molar-refractivity contribution in [2.45, 2.75) is 45.2 Å². The van der Waals surface area contributed by atoms with E-state index >= 15 is 0 Å². The van der Waals surface area contributed by atoms with E-state index in [1.54, 1.807) is 4.90 Å². The largest absolute Gasteiger partial charge is 0.357 e. The van der Waals surface area contributed by atoms with Crippen LogP contribution in [0.15, 0.2) is 18.3 Å². The minimum absolute atomic E-state index is 0.0431. The van der Waals surface area contributed by atoms with E-state index in [4.69, 9.17) is 0 Å². The van der Waals surface area contributed by atoms with E-state index in [2.05, 4.69) is 26.6 Å². The zero-order valence-corrected chi connectivity index (χ0v) is 14.8. The van der Waals surface area contributed by atoms with Gasteiger partial charge in [0.15, 0.2) is 0 Å². The fourth-order valence-electron chi connectivity index (χ4n) is 3.55. The summed E-state index contributed by atoms with van der Waals surface area (Å²) in [4.78, 5) is 32.1. The van der Waals surface area contributed by atoms with Crippen molar-refractivity contribution < 1.29 is 9.59 Å². The molecule has 0 bridgehead atoms. The second-order valence-electron chi connectivity index (χ2n) is 6.86. The lowest BCUT2D eigenvalue weighted by Gasteiger charge is -2.33. The number of nitrogens with zero attached hydrogens (tertiary/aromatic N) is 3. The molecule has 3 amide bonds. The maximum Gasteiger partial charge on any atom is 0.317 e. The average Bonchev–Trinajstić information content (AvgIpc) is 3.14. The first-order chi connectivity index (χ1) is 12.1. The fraction of sp³-hybridized carbons (Fsp3) is 0.611. The Morgan fingerprint density at radius 2 is 2.04 bits per heavy atom. The molecule has 1 aromatic rings. The van der Waals surface area contributed by atoms with E-state index < -0.39 is 0 Å². The number of aromatic nitrogens is 1. The Balaban J connectivity index is 1.51. The van der Waals surface area contributed by atoms with Crippen LogP contribution in [0.1, 0.15) is 38.2 Å². The smallest absolute Gasteiger partial charge is 0.317 e. The third kappa shape index (κ3) is 4.84. The molecule has 7 heteroatoms. The van der Waals surface area contributed by atoms with Gasteiger partial charge in [-0.2, -0.15) is 0 Å². The number of hydrogen-bond donors (Lipinski definition) is 2. The molecule has 25 heavy (non-hydrogen) atoms. The summed E-state index contributed by atoms with van der Waals surface area (Å²) in [7, 11) is 0. The first-order valence-electron chi connectivity index (χ1n) is 9.11. The molecule has 2 aliphatic heterocycles. The summed E-state index contributed by atoms with van der Waals surface area (Å²) in [6.07, 6.45) is 6.07. The minimum Gasteiger partial charge on any atom is -0.357 e. The molecule has 7 nitrogen and oxygen atoms in total. The summed E-state index contributed by atoms with van der Waals surface area (Å²) in [6, 6.07) is 3.98. The molecule has 1 atom stereocenters. The van der Waals surface area contributed by atoms with Crippen molar-refractivity contribution in [3.05, 3.63) is 23.9 Å². The van der Waals surface area contributed by atoms with Crippen LogP contribution in [0.3, 0.4) is 0 Å². The second kappa shape index (κ2) is 8.18. The van der Waals surface area contributed by atoms with Crippen molar-refractivity contribution in [2.24, 2.45) is 0 Å². The number of anilines is 1. The lowest BCUT2D eigenvalue weighted by atomic mass is 10.1. The molecule has 0 spiro atoms. The molecule has 0 radical (unpaired) electrons. The molecular formula is C18H27N5O2. The molecule has 0 unspecified atom stereocenters. The molecule has 3 rings (SSSR count). The zero-order valence-electron chi connectivity index (χ0n) is 14.8. The van der Waals surface area contributed by atoms with Gasteiger partial charge in [-0.3, -0.25) is 4.79 Å². The van der Waals surface area contributed by atoms with Gasteiger partial charge in [0, 0.05) is 51.9 Å². The molecule has 0 saturated carbocycles. The molecule has 0 aromatic carbocycles. The highest BCUT2D eigenvalue weighted by Crippen LogP contribution is 2.18. The fourth-order valence-corrected chi connectivity index (χ4v) is 3.55. The number of amides is 3. The van der Waals surface area contributed by atoms with E-state index in [0.29, 0.717) is 13.1 Å². The van der Waals surface area contributed by atoms with Gasteiger partial charge in [0.2, 0.25) is 5.91 Å². The van der Waals surface area contributed by atoms with Crippen molar-refractivity contribution in [3.8, 4) is 0 Å². The molecule has 2 fully saturated rings. The van der Waals surface area contributed by atoms with Gasteiger partial charge in [-0.1, -0.05) is 0 Å². The Labute approximate surface area is 148 Å². The van der Waals surface area contributed by atoms with E-state index in [-0.39, 0.29) is 18.0 Å². The van der Waals surface area contributed by atoms with E-state index in [9.17, 15) is 9.59 Å². The van der Waals surface area contributed by atoms with Crippen LogP contribution in [0.4, 0.5) is 10.6 Å². The van der Waals surface area contributed by atoms with Gasteiger partial charge < -0.3 is 20.4 Å². The molecule has 2 saturated heterocycles. The standard InChI is InChI=1S/C18H27N5O2/c1-14(24)21-16-5-4-10-23(13-16)18(25)20-12-15-6-7-19-17(11-15)22-8-2-3-9-22/h6-7,11,16H,2-5,8-10,12-13H2,1H3,(H,20,25)(H,21,24)/t16-/m0/s1. The first kappa shape index (κ1) is 17.5. The third-order valence-electron chi connectivity index (χ3n) is 4.80. The Bertz CT molecular complexity index is 615. The predicted octanol–water partition coefficient (Wildman–Crippen LogP) is 1.49. The van der Waals surface area contributed by atoms with Crippen LogP contribution in [0.5, 0.6) is 0 Å². The second-order valence-corrected chi connectivity index (χ2v) is 6.86. The summed E-state index contributed by atoms with van der Waals surface area (Å²) in [5.74, 6) is 0.950. The Hall–Kier alpha value is -2.31. The average molecular weight is 345 g/mol. The number of piperidine rings is 1. The van der Waals surface area contributed by atoms with Crippen LogP contribution in [0.2, 0.25) is 0 Å². The van der Waals surface area contributed by atoms with Gasteiger partial charge in [0.1, 0.15) is 5.82 Å². The molecule has 3 heterocycles. The van der Waals surface area contributed by atoms with Crippen LogP contribution in [-0.2, 0) is 11.3 Å². The van der Waals surface area contributed by atoms with Gasteiger partial charge >= 0.3 is 6.03 Å². The van der Waals surface area contributed by atoms with Gasteiger partial charge in [0.05, 0.1) is 0 Å². The van der Waals surface area contributed by atoms with Gasteiger partial charge in [-0.25, -0.2) is 9.78 Å². The number of urea groups is 1. The number of rotatable bonds is 4. The van der Waals surface area contributed by atoms with Crippen molar-refractivity contribution in [1.82, 2.24) is 20.5 Å². The number of likely N-dealkylation sites (tertiary alicyclic amines) is 1. The predicted molar refractivity (Wildman–Crippen MR) is 96.3 cm³/mol. The summed E-state index contributed by atoms with van der Waals surface area (Å²) >= 11 is 0. The number of carbonyl (C=O) groups is 2. The summed E-state index contributed by atoms with van der Waals surface area (Å²) in [5.41, 5.74) is 1.06. The zero-order chi connectivity index (χ0) is 17.6. The van der Waals surface area contributed by atoms with Crippen LogP contribution in [0.25, 0.3) is 0 Å². The van der Waals surface area contributed by atoms with Crippen molar-refractivity contribution in [1.29, 1.82) is 0 Å². The molecule has 2 N–H and O–H groups in total. The van der Waals surface area contributed by atoms with E-state index in [1.807, 2.05) is 12.3 Å². The SMILES string of the molecule is CC(=O)N[C@H]1CCCN(C(=O)NCc2ccnc(N3CCCC3)c2)C1. The van der Waals surface area contributed by atoms with Crippen LogP contribution < -0.4 is 15.5 Å². The molecule has 136 valence electrons. The van der Waals surface area contributed by atoms with Crippen molar-refractivity contribution in [3.63, 3.8) is 0 Å². The summed E-state index contributed by atoms with van der Waals surface area (Å²) in [6.45, 7) is 5.42. The summed E-state index contributed by atoms with van der Waals surface area (Å²) in [5, 5.41) is 5.89. The lowest BCUT2D eigenvalue weighted by molar-refractivity contribution is -0.119. The highest BCUT2D eigenvalue weighted by atomic mass is 16.2. The summed E-state index contributed by atoms with van der Waals surface area (Å²) < 4.78 is 0. The highest BCUT2D eigenvalue weighted by molar-refractivity contribution is 5.75. The first-order valence-corrected chi connectivity index (χ1v) is 9.11. The monoisotopic (exact) mass is 345 g/mol. The number of carbonyl (C=O) groups excluding carboxylic acids is 2. The molecule has 1 aromatic heterocycles. The maximum atomic E-state index is 12.4. The Kier molecular flexibility index (Phi) is 5.73. The molecule has 0 aliphatic carbocycles. The van der Waals surface area contributed by atoms with Crippen molar-refractivity contribution in [2.75, 3.05) is 31.1 Å². The number of hydrogen-bond acceptors (Lipinski definition) is 4. The van der Waals surface area contributed by atoms with E-state index in [1.165, 1.54) is 19.8 Å². The highest BCUT2D eigenvalue weighted by Gasteiger charge is 2.24. The Morgan fingerprint density at radius 3 is 2.80 bits per heavy atom. The number of nitrogens with one attached hydrogen (secondary N) is 2. The van der Waals surface area contributed by atoms with Gasteiger partial charge in [-0.15, -0.1) is 0 Å². The third-order valence-corrected chi connectivity index (χ3v) is 4.80. The normalized spacial score (nSPS) is 20.4. The van der Waals surface area contributed by atoms with Gasteiger partial charge in [-0.05, 0) is 43.4 Å². The molecule has 2 aliphatic rings. The molecular weight excluding hydrogens is 318 g/mol. The van der Waals surface area contributed by atoms with E-state index in [0.717, 1.165) is 43.9 Å². The van der Waals surface area contributed by atoms with Crippen LogP contribution in [-0.4, -0.2) is 54.0 Å². The quantitative estimate of drug-likeness (QED) is 0.867. The van der Waals surface area contributed by atoms with Crippen LogP contribution in [0, 0.1) is 0 Å². The van der Waals surface area contributed by atoms with Crippen molar-refractivity contribution >= 4 is 17.8 Å². The van der Waals surface area contributed by atoms with Gasteiger partial charge in [0.25, 0.3) is 0 Å². The topological polar surface area (TPSA) is 77.6 Å². The lowest BCUT2D eigenvalue weighted by Crippen LogP contribution is -2.51.